The Morgan fingerprint density at radius 1 is 1.24 bits per heavy atom. The summed E-state index contributed by atoms with van der Waals surface area (Å²) in [4.78, 5) is 15.9. The molecule has 0 spiro atoms. The van der Waals surface area contributed by atoms with Gasteiger partial charge in [0.15, 0.2) is 0 Å². The second kappa shape index (κ2) is 9.29. The van der Waals surface area contributed by atoms with Gasteiger partial charge < -0.3 is 10.6 Å². The molecule has 1 heterocycles. The molecule has 4 nitrogen and oxygen atoms in total. The number of carbonyl (C=O) groups is 1. The summed E-state index contributed by atoms with van der Waals surface area (Å²) in [6.45, 7) is 2.22. The molecule has 0 aromatic carbocycles. The summed E-state index contributed by atoms with van der Waals surface area (Å²) >= 11 is 0. The molecule has 0 atom stereocenters. The smallest absolute Gasteiger partial charge is 0.221 e. The Labute approximate surface area is 127 Å². The molecule has 0 aliphatic heterocycles. The lowest BCUT2D eigenvalue weighted by Gasteiger charge is -2.12. The molecule has 1 amide bonds. The zero-order chi connectivity index (χ0) is 14.8. The van der Waals surface area contributed by atoms with Gasteiger partial charge in [0.25, 0.3) is 0 Å². The number of hydrogen-bond donors (Lipinski definition) is 2. The Hall–Kier alpha value is -1.68. The highest BCUT2D eigenvalue weighted by Gasteiger charge is 2.04. The summed E-state index contributed by atoms with van der Waals surface area (Å²) in [5.74, 6) is 0.0741. The van der Waals surface area contributed by atoms with Crippen molar-refractivity contribution in [3.63, 3.8) is 0 Å². The van der Waals surface area contributed by atoms with Crippen molar-refractivity contribution in [2.75, 3.05) is 13.1 Å². The lowest BCUT2D eigenvalue weighted by molar-refractivity contribution is -0.121. The predicted octanol–water partition coefficient (Wildman–Crippen LogP) is 2.57. The average molecular weight is 287 g/mol. The maximum atomic E-state index is 11.7. The van der Waals surface area contributed by atoms with Gasteiger partial charge in [0.1, 0.15) is 0 Å². The fourth-order valence-corrected chi connectivity index (χ4v) is 2.49. The number of amides is 1. The summed E-state index contributed by atoms with van der Waals surface area (Å²) in [5.41, 5.74) is 2.47. The van der Waals surface area contributed by atoms with Crippen LogP contribution in [0.1, 0.15) is 44.2 Å². The molecule has 0 fully saturated rings. The number of nitrogens with one attached hydrogen (secondary N) is 2. The first-order valence-corrected chi connectivity index (χ1v) is 7.90. The van der Waals surface area contributed by atoms with E-state index in [0.29, 0.717) is 13.0 Å². The third kappa shape index (κ3) is 6.54. The van der Waals surface area contributed by atoms with Crippen molar-refractivity contribution in [2.24, 2.45) is 0 Å². The Morgan fingerprint density at radius 3 is 2.95 bits per heavy atom. The SMILES string of the molecule is O=C(CCNCCC1=CCCCC1)NCc1ccccn1. The first-order chi connectivity index (χ1) is 10.3. The standard InChI is InChI=1S/C17H25N3O/c21-17(20-14-16-8-4-5-11-19-16)10-13-18-12-9-15-6-2-1-3-7-15/h4-6,8,11,18H,1-3,7,9-10,12-14H2,(H,20,21). The molecule has 4 heteroatoms. The van der Waals surface area contributed by atoms with Gasteiger partial charge in [-0.2, -0.15) is 0 Å². The number of pyridine rings is 1. The molecule has 0 unspecified atom stereocenters. The van der Waals surface area contributed by atoms with Crippen molar-refractivity contribution in [1.82, 2.24) is 15.6 Å². The van der Waals surface area contributed by atoms with Crippen LogP contribution in [-0.4, -0.2) is 24.0 Å². The summed E-state index contributed by atoms with van der Waals surface area (Å²) in [7, 11) is 0. The third-order valence-electron chi connectivity index (χ3n) is 3.73. The minimum absolute atomic E-state index is 0.0741. The average Bonchev–Trinajstić information content (AvgIpc) is 2.54. The highest BCUT2D eigenvalue weighted by Crippen LogP contribution is 2.19. The minimum atomic E-state index is 0.0741. The molecular weight excluding hydrogens is 262 g/mol. The Kier molecular flexibility index (Phi) is 6.95. The van der Waals surface area contributed by atoms with Gasteiger partial charge in [-0.1, -0.05) is 17.7 Å². The minimum Gasteiger partial charge on any atom is -0.350 e. The van der Waals surface area contributed by atoms with Crippen LogP contribution in [0.25, 0.3) is 0 Å². The van der Waals surface area contributed by atoms with E-state index in [0.717, 1.165) is 25.2 Å². The summed E-state index contributed by atoms with van der Waals surface area (Å²) in [6, 6.07) is 5.71. The molecule has 21 heavy (non-hydrogen) atoms. The van der Waals surface area contributed by atoms with Crippen LogP contribution < -0.4 is 10.6 Å². The van der Waals surface area contributed by atoms with Crippen molar-refractivity contribution in [3.05, 3.63) is 41.7 Å². The zero-order valence-corrected chi connectivity index (χ0v) is 12.6. The fourth-order valence-electron chi connectivity index (χ4n) is 2.49. The van der Waals surface area contributed by atoms with Crippen LogP contribution >= 0.6 is 0 Å². The van der Waals surface area contributed by atoms with Crippen LogP contribution in [0.4, 0.5) is 0 Å². The Morgan fingerprint density at radius 2 is 2.19 bits per heavy atom. The maximum absolute atomic E-state index is 11.7. The molecule has 0 radical (unpaired) electrons. The van der Waals surface area contributed by atoms with Gasteiger partial charge in [0.2, 0.25) is 5.91 Å². The molecule has 0 bridgehead atoms. The van der Waals surface area contributed by atoms with E-state index in [1.165, 1.54) is 25.7 Å². The predicted molar refractivity (Wildman–Crippen MR) is 84.7 cm³/mol. The number of carbonyl (C=O) groups excluding carboxylic acids is 1. The van der Waals surface area contributed by atoms with E-state index in [4.69, 9.17) is 0 Å². The normalized spacial score (nSPS) is 14.6. The number of rotatable bonds is 8. The molecule has 2 N–H and O–H groups in total. The molecule has 1 aliphatic rings. The largest absolute Gasteiger partial charge is 0.350 e. The second-order valence-corrected chi connectivity index (χ2v) is 5.46. The fraction of sp³-hybridized carbons (Fsp3) is 0.529. The molecule has 1 aromatic heterocycles. The van der Waals surface area contributed by atoms with Crippen molar-refractivity contribution >= 4 is 5.91 Å². The van der Waals surface area contributed by atoms with Gasteiger partial charge in [0.05, 0.1) is 12.2 Å². The van der Waals surface area contributed by atoms with Crippen molar-refractivity contribution in [2.45, 2.75) is 45.1 Å². The van der Waals surface area contributed by atoms with E-state index in [1.54, 1.807) is 11.8 Å². The zero-order valence-electron chi connectivity index (χ0n) is 12.6. The monoisotopic (exact) mass is 287 g/mol. The quantitative estimate of drug-likeness (QED) is 0.571. The summed E-state index contributed by atoms with van der Waals surface area (Å²) in [6.07, 6.45) is 10.9. The van der Waals surface area contributed by atoms with Gasteiger partial charge >= 0.3 is 0 Å². The number of nitrogens with zero attached hydrogens (tertiary/aromatic N) is 1. The molecule has 2 rings (SSSR count). The van der Waals surface area contributed by atoms with E-state index in [2.05, 4.69) is 21.7 Å². The third-order valence-corrected chi connectivity index (χ3v) is 3.73. The van der Waals surface area contributed by atoms with E-state index < -0.39 is 0 Å². The van der Waals surface area contributed by atoms with Gasteiger partial charge in [-0.3, -0.25) is 9.78 Å². The van der Waals surface area contributed by atoms with Crippen LogP contribution in [0.2, 0.25) is 0 Å². The summed E-state index contributed by atoms with van der Waals surface area (Å²) in [5, 5.41) is 6.23. The number of allylic oxidation sites excluding steroid dienone is 1. The van der Waals surface area contributed by atoms with Crippen LogP contribution in [0.5, 0.6) is 0 Å². The van der Waals surface area contributed by atoms with Crippen molar-refractivity contribution in [3.8, 4) is 0 Å². The van der Waals surface area contributed by atoms with Crippen LogP contribution in [0, 0.1) is 0 Å². The van der Waals surface area contributed by atoms with Crippen LogP contribution in [0.3, 0.4) is 0 Å². The lowest BCUT2D eigenvalue weighted by Crippen LogP contribution is -2.28. The van der Waals surface area contributed by atoms with E-state index in [-0.39, 0.29) is 5.91 Å². The van der Waals surface area contributed by atoms with Crippen LogP contribution in [-0.2, 0) is 11.3 Å². The van der Waals surface area contributed by atoms with E-state index in [9.17, 15) is 4.79 Å². The van der Waals surface area contributed by atoms with E-state index >= 15 is 0 Å². The van der Waals surface area contributed by atoms with Gasteiger partial charge in [-0.25, -0.2) is 0 Å². The lowest BCUT2D eigenvalue weighted by atomic mass is 9.97. The molecule has 0 saturated carbocycles. The van der Waals surface area contributed by atoms with Gasteiger partial charge in [-0.15, -0.1) is 0 Å². The van der Waals surface area contributed by atoms with Gasteiger partial charge in [0, 0.05) is 19.2 Å². The van der Waals surface area contributed by atoms with Crippen molar-refractivity contribution in [1.29, 1.82) is 0 Å². The molecule has 114 valence electrons. The Bertz CT molecular complexity index is 456. The highest BCUT2D eigenvalue weighted by molar-refractivity contribution is 5.75. The van der Waals surface area contributed by atoms with E-state index in [1.807, 2.05) is 18.2 Å². The highest BCUT2D eigenvalue weighted by atomic mass is 16.1. The van der Waals surface area contributed by atoms with Gasteiger partial charge in [-0.05, 0) is 50.8 Å². The number of hydrogen-bond acceptors (Lipinski definition) is 3. The van der Waals surface area contributed by atoms with Crippen LogP contribution in [0.15, 0.2) is 36.0 Å². The van der Waals surface area contributed by atoms with Crippen molar-refractivity contribution < 1.29 is 4.79 Å². The molecule has 1 aliphatic carbocycles. The summed E-state index contributed by atoms with van der Waals surface area (Å²) < 4.78 is 0. The maximum Gasteiger partial charge on any atom is 0.221 e. The second-order valence-electron chi connectivity index (χ2n) is 5.46. The molecular formula is C17H25N3O. The first kappa shape index (κ1) is 15.7. The Balaban J connectivity index is 1.50. The molecule has 1 aromatic rings. The topological polar surface area (TPSA) is 54.0 Å². The first-order valence-electron chi connectivity index (χ1n) is 7.90. The molecule has 0 saturated heterocycles. The number of aromatic nitrogens is 1.